The van der Waals surface area contributed by atoms with Crippen LogP contribution in [-0.2, 0) is 46.4 Å². The first kappa shape index (κ1) is 58.9. The van der Waals surface area contributed by atoms with E-state index in [2.05, 4.69) is 41.9 Å². The minimum absolute atomic E-state index is 0.00583. The number of hydrogen-bond donors (Lipinski definition) is 13. The number of aromatic hydroxyl groups is 1. The van der Waals surface area contributed by atoms with Gasteiger partial charge in [-0.05, 0) is 137 Å². The van der Waals surface area contributed by atoms with Crippen LogP contribution in [0.15, 0.2) is 64.6 Å². The summed E-state index contributed by atoms with van der Waals surface area (Å²) in [5.41, 5.74) is 34.3. The summed E-state index contributed by atoms with van der Waals surface area (Å²) < 4.78 is 0. The zero-order chi connectivity index (χ0) is 54.7. The van der Waals surface area contributed by atoms with Gasteiger partial charge in [0.25, 0.3) is 0 Å². The highest BCUT2D eigenvalue weighted by molar-refractivity contribution is 5.97. The fraction of sp³-hybridized carbons (Fsp3) is 0.604. The Morgan fingerprint density at radius 1 is 0.573 bits per heavy atom. The van der Waals surface area contributed by atoms with Gasteiger partial charge in [-0.3, -0.25) is 43.5 Å². The fourth-order valence-corrected chi connectivity index (χ4v) is 11.2. The number of nitrogens with zero attached hydrogens (tertiary/aromatic N) is 2. The van der Waals surface area contributed by atoms with E-state index in [1.807, 2.05) is 13.0 Å². The van der Waals surface area contributed by atoms with Gasteiger partial charge in [-0.1, -0.05) is 62.7 Å². The van der Waals surface area contributed by atoms with Crippen LogP contribution >= 0.6 is 0 Å². The molecule has 4 bridgehead atoms. The smallest absolute Gasteiger partial charge is 0.243 e. The van der Waals surface area contributed by atoms with Crippen molar-refractivity contribution in [1.82, 2.24) is 31.9 Å². The monoisotopic (exact) mass is 1040 g/mol. The van der Waals surface area contributed by atoms with Crippen molar-refractivity contribution in [2.45, 2.75) is 153 Å². The molecule has 0 radical (unpaired) electrons. The van der Waals surface area contributed by atoms with Gasteiger partial charge in [-0.25, -0.2) is 0 Å². The van der Waals surface area contributed by atoms with Crippen LogP contribution in [0.1, 0.15) is 115 Å². The molecule has 2 aromatic rings. The molecule has 6 rings (SSSR count). The molecule has 412 valence electrons. The van der Waals surface area contributed by atoms with E-state index in [0.717, 1.165) is 38.5 Å². The van der Waals surface area contributed by atoms with Crippen LogP contribution in [0.25, 0.3) is 0 Å². The number of nitrogens with two attached hydrogens (primary N) is 6. The molecule has 22 heteroatoms. The van der Waals surface area contributed by atoms with Gasteiger partial charge < -0.3 is 71.4 Å². The van der Waals surface area contributed by atoms with Crippen LogP contribution in [0.3, 0.4) is 0 Å². The molecule has 75 heavy (non-hydrogen) atoms. The number of amides is 7. The van der Waals surface area contributed by atoms with E-state index in [-0.39, 0.29) is 75.2 Å². The number of hydrogen-bond acceptors (Lipinski definition) is 11. The largest absolute Gasteiger partial charge is 0.508 e. The molecule has 2 aromatic carbocycles. The van der Waals surface area contributed by atoms with Crippen LogP contribution < -0.4 is 66.3 Å². The molecule has 7 atom stereocenters. The van der Waals surface area contributed by atoms with E-state index in [9.17, 15) is 38.7 Å². The Morgan fingerprint density at radius 2 is 1.01 bits per heavy atom. The maximum Gasteiger partial charge on any atom is 0.243 e. The van der Waals surface area contributed by atoms with Gasteiger partial charge in [-0.15, -0.1) is 0 Å². The van der Waals surface area contributed by atoms with Crippen molar-refractivity contribution in [3.05, 3.63) is 65.7 Å². The molecule has 0 heterocycles. The second-order valence-corrected chi connectivity index (χ2v) is 21.0. The van der Waals surface area contributed by atoms with Crippen molar-refractivity contribution in [1.29, 1.82) is 0 Å². The number of carbonyl (C=O) groups is 7. The molecule has 4 aliphatic carbocycles. The summed E-state index contributed by atoms with van der Waals surface area (Å²) in [6, 6.07) is 7.80. The van der Waals surface area contributed by atoms with Gasteiger partial charge in [0, 0.05) is 31.3 Å². The molecule has 0 unspecified atom stereocenters. The summed E-state index contributed by atoms with van der Waals surface area (Å²) in [4.78, 5) is 107. The predicted molar refractivity (Wildman–Crippen MR) is 286 cm³/mol. The van der Waals surface area contributed by atoms with Crippen LogP contribution in [0.2, 0.25) is 0 Å². The van der Waals surface area contributed by atoms with Crippen molar-refractivity contribution in [3.8, 4) is 5.75 Å². The number of rotatable bonds is 31. The van der Waals surface area contributed by atoms with Crippen molar-refractivity contribution in [3.63, 3.8) is 0 Å². The lowest BCUT2D eigenvalue weighted by Crippen LogP contribution is -2.61. The van der Waals surface area contributed by atoms with Crippen LogP contribution in [0, 0.1) is 29.1 Å². The molecule has 0 aromatic heterocycles. The van der Waals surface area contributed by atoms with Crippen LogP contribution in [0.4, 0.5) is 0 Å². The summed E-state index contributed by atoms with van der Waals surface area (Å²) in [7, 11) is 0. The van der Waals surface area contributed by atoms with Crippen molar-refractivity contribution < 1.29 is 38.7 Å². The molecule has 4 fully saturated rings. The maximum atomic E-state index is 14.8. The average Bonchev–Trinajstić information content (AvgIpc) is 3.36. The quantitative estimate of drug-likeness (QED) is 0.0271. The number of primary amides is 1. The maximum absolute atomic E-state index is 14.8. The summed E-state index contributed by atoms with van der Waals surface area (Å²) in [5, 5.41) is 27.2. The minimum atomic E-state index is -1.38. The summed E-state index contributed by atoms with van der Waals surface area (Å²) in [6.07, 6.45) is 8.07. The Balaban J connectivity index is 1.42. The number of guanidine groups is 2. The summed E-state index contributed by atoms with van der Waals surface area (Å²) >= 11 is 0. The lowest BCUT2D eigenvalue weighted by atomic mass is 9.49. The summed E-state index contributed by atoms with van der Waals surface area (Å²) in [6.45, 7) is 4.26. The van der Waals surface area contributed by atoms with E-state index >= 15 is 0 Å². The van der Waals surface area contributed by atoms with Gasteiger partial charge in [0.2, 0.25) is 41.4 Å². The second-order valence-electron chi connectivity index (χ2n) is 21.0. The van der Waals surface area contributed by atoms with Crippen molar-refractivity contribution in [2.24, 2.45) is 73.5 Å². The number of unbranched alkanes of at least 4 members (excludes halogenated alkanes) is 1. The molecule has 19 N–H and O–H groups in total. The zero-order valence-corrected chi connectivity index (χ0v) is 43.6. The molecule has 0 spiro atoms. The third kappa shape index (κ3) is 18.1. The fourth-order valence-electron chi connectivity index (χ4n) is 11.2. The summed E-state index contributed by atoms with van der Waals surface area (Å²) in [5.74, 6) is -3.77. The Kier molecular flexibility index (Phi) is 22.5. The number of carbonyl (C=O) groups excluding carboxylic acids is 7. The van der Waals surface area contributed by atoms with Crippen LogP contribution in [-0.4, -0.2) is 114 Å². The number of nitrogens with one attached hydrogen (secondary N) is 6. The highest BCUT2D eigenvalue weighted by Gasteiger charge is 2.55. The predicted octanol–water partition coefficient (Wildman–Crippen LogP) is 0.0702. The third-order valence-corrected chi connectivity index (χ3v) is 15.0. The lowest BCUT2D eigenvalue weighted by molar-refractivity contribution is -0.148. The SMILES string of the molecule is CC[C@H](C)[C@H](NC(=O)[C@H](CCCN=C(N)N)NC(=O)[C@H](Cc1ccc(O)cc1)NC(=O)[C@H](Cc1ccccc1)NC(=O)[C@H](CCCN=C(N)N)NC(=O)C12CC3CC(CC(C3)C1)C2)C(=O)N[C@@H](CCCCN)C(N)=O. The first-order valence-electron chi connectivity index (χ1n) is 26.5. The number of phenolic OH excluding ortho intramolecular Hbond substituents is 1. The number of phenols is 1. The van der Waals surface area contributed by atoms with Crippen molar-refractivity contribution in [2.75, 3.05) is 19.6 Å². The molecule has 0 aliphatic heterocycles. The molecule has 4 saturated carbocycles. The third-order valence-electron chi connectivity index (χ3n) is 15.0. The highest BCUT2D eigenvalue weighted by Crippen LogP contribution is 2.60. The molecule has 4 aliphatic rings. The molecular weight excluding hydrogens is 961 g/mol. The van der Waals surface area contributed by atoms with Crippen LogP contribution in [0.5, 0.6) is 5.75 Å². The second kappa shape index (κ2) is 28.6. The Labute approximate surface area is 439 Å². The van der Waals surface area contributed by atoms with Gasteiger partial charge >= 0.3 is 0 Å². The standard InChI is InChI=1S/C53H82N14O8/c1-3-31(2)43(49(74)62-38(44(55)69)13-7-8-20-54)67-46(71)39(14-9-21-60-51(56)57)63-47(72)42(27-33-16-18-37(68)19-17-33)65-48(73)41(26-32-11-5-4-6-12-32)64-45(70)40(15-10-22-61-52(58)59)66-50(75)53-28-34-23-35(29-53)25-36(24-34)30-53/h4-6,11-12,16-19,31,34-36,38-43,68H,3,7-10,13-15,20-30,54H2,1-2H3,(H2,55,69)(H,62,74)(H,63,72)(H,64,70)(H,65,73)(H,66,75)(H,67,71)(H4,56,57,60)(H4,58,59,61)/t31-,34?,35?,36?,38-,39-,40-,41-,42-,43-,53?/m0/s1. The number of benzene rings is 2. The lowest BCUT2D eigenvalue weighted by Gasteiger charge is -2.55. The molecule has 7 amide bonds. The minimum Gasteiger partial charge on any atom is -0.508 e. The molecule has 0 saturated heterocycles. The van der Waals surface area contributed by atoms with E-state index in [0.29, 0.717) is 61.1 Å². The van der Waals surface area contributed by atoms with Gasteiger partial charge in [-0.2, -0.15) is 0 Å². The van der Waals surface area contributed by atoms with Gasteiger partial charge in [0.15, 0.2) is 11.9 Å². The van der Waals surface area contributed by atoms with Gasteiger partial charge in [0.1, 0.15) is 42.0 Å². The van der Waals surface area contributed by atoms with E-state index in [4.69, 9.17) is 34.4 Å². The molecule has 22 nitrogen and oxygen atoms in total. The number of aliphatic imine (C=N–C) groups is 2. The Morgan fingerprint density at radius 3 is 1.49 bits per heavy atom. The van der Waals surface area contributed by atoms with E-state index in [1.54, 1.807) is 43.3 Å². The highest BCUT2D eigenvalue weighted by atomic mass is 16.3. The Bertz CT molecular complexity index is 2270. The Hall–Kier alpha value is -6.97. The average molecular weight is 1040 g/mol. The molecular formula is C53H82N14O8. The zero-order valence-electron chi connectivity index (χ0n) is 43.6. The van der Waals surface area contributed by atoms with E-state index in [1.165, 1.54) is 12.1 Å². The first-order valence-corrected chi connectivity index (χ1v) is 26.5. The van der Waals surface area contributed by atoms with Gasteiger partial charge in [0.05, 0.1) is 0 Å². The topological polar surface area (TPSA) is 393 Å². The first-order chi connectivity index (χ1) is 35.8. The normalized spacial score (nSPS) is 21.1. The van der Waals surface area contributed by atoms with E-state index < -0.39 is 83.0 Å². The van der Waals surface area contributed by atoms with Crippen molar-refractivity contribution >= 4 is 53.3 Å².